The summed E-state index contributed by atoms with van der Waals surface area (Å²) in [5.74, 6) is 0. The number of halogens is 1. The van der Waals surface area contributed by atoms with Gasteiger partial charge in [0.15, 0.2) is 0 Å². The van der Waals surface area contributed by atoms with Crippen molar-refractivity contribution in [3.63, 3.8) is 0 Å². The van der Waals surface area contributed by atoms with Crippen LogP contribution < -0.4 is 10.4 Å². The molecular weight excluding hydrogens is 432 g/mol. The van der Waals surface area contributed by atoms with Gasteiger partial charge in [0, 0.05) is 5.02 Å². The molecule has 1 aliphatic carbocycles. The number of hydrogen-bond donors (Lipinski definition) is 0. The first-order valence-corrected chi connectivity index (χ1v) is 11.8. The average Bonchev–Trinajstić information content (AvgIpc) is 3.16. The van der Waals surface area contributed by atoms with Gasteiger partial charge in [-0.3, -0.25) is 0 Å². The molecule has 0 amide bonds. The second kappa shape index (κ2) is 7.87. The quantitative estimate of drug-likeness (QED) is 0.264. The molecule has 0 spiro atoms. The van der Waals surface area contributed by atoms with Crippen molar-refractivity contribution in [1.82, 2.24) is 0 Å². The van der Waals surface area contributed by atoms with Gasteiger partial charge >= 0.3 is 0 Å². The Balaban J connectivity index is 1.78. The predicted octanol–water partition coefficient (Wildman–Crippen LogP) is 7.23. The van der Waals surface area contributed by atoms with E-state index in [4.69, 9.17) is 11.6 Å². The maximum absolute atomic E-state index is 6.62. The second-order valence-electron chi connectivity index (χ2n) is 8.83. The summed E-state index contributed by atoms with van der Waals surface area (Å²) < 4.78 is 0. The minimum absolute atomic E-state index is 0.461. The number of benzene rings is 5. The van der Waals surface area contributed by atoms with Crippen LogP contribution in [0.15, 0.2) is 116 Å². The summed E-state index contributed by atoms with van der Waals surface area (Å²) in [6, 6.07) is 36.9. The van der Waals surface area contributed by atoms with E-state index >= 15 is 0 Å². The normalized spacial score (nSPS) is 16.9. The fraction of sp³-hybridized carbons (Fsp3) is 0.0303. The van der Waals surface area contributed by atoms with Crippen LogP contribution in [0.1, 0.15) is 22.3 Å². The molecule has 0 nitrogen and oxygen atoms in total. The van der Waals surface area contributed by atoms with Gasteiger partial charge in [0.1, 0.15) is 0 Å². The molecule has 5 aromatic rings. The topological polar surface area (TPSA) is 0 Å². The van der Waals surface area contributed by atoms with Crippen LogP contribution in [-0.4, -0.2) is 0 Å². The van der Waals surface area contributed by atoms with E-state index < -0.39 is 5.41 Å². The molecule has 1 aliphatic rings. The fourth-order valence-corrected chi connectivity index (χ4v) is 5.85. The van der Waals surface area contributed by atoms with Crippen molar-refractivity contribution in [2.75, 3.05) is 0 Å². The van der Waals surface area contributed by atoms with Gasteiger partial charge in [-0.25, -0.2) is 0 Å². The lowest BCUT2D eigenvalue weighted by Gasteiger charge is -2.34. The Morgan fingerprint density at radius 3 is 2.26 bits per heavy atom. The molecule has 1 unspecified atom stereocenters. The molecular formula is C33H23Cl. The average molecular weight is 455 g/mol. The maximum atomic E-state index is 6.62. The molecule has 1 heteroatoms. The largest absolute Gasteiger partial charge is 0.0990 e. The van der Waals surface area contributed by atoms with Crippen LogP contribution in [-0.2, 0) is 5.41 Å². The van der Waals surface area contributed by atoms with E-state index in [1.807, 2.05) is 18.2 Å². The molecule has 0 aromatic heterocycles. The summed E-state index contributed by atoms with van der Waals surface area (Å²) in [6.45, 7) is 8.12. The molecule has 0 saturated heterocycles. The Bertz CT molecular complexity index is 1690. The summed E-state index contributed by atoms with van der Waals surface area (Å²) in [6.07, 6.45) is 3.87. The van der Waals surface area contributed by atoms with Crippen molar-refractivity contribution in [2.24, 2.45) is 0 Å². The van der Waals surface area contributed by atoms with Gasteiger partial charge in [-0.1, -0.05) is 122 Å². The maximum Gasteiger partial charge on any atom is 0.0714 e. The Labute approximate surface area is 204 Å². The van der Waals surface area contributed by atoms with Crippen molar-refractivity contribution >= 4 is 35.0 Å². The molecule has 5 aromatic carbocycles. The summed E-state index contributed by atoms with van der Waals surface area (Å²) in [5, 5.41) is 5.22. The highest BCUT2D eigenvalue weighted by Crippen LogP contribution is 2.56. The van der Waals surface area contributed by atoms with E-state index in [9.17, 15) is 0 Å². The predicted molar refractivity (Wildman–Crippen MR) is 146 cm³/mol. The summed E-state index contributed by atoms with van der Waals surface area (Å²) >= 11 is 6.62. The van der Waals surface area contributed by atoms with Gasteiger partial charge in [-0.2, -0.15) is 0 Å². The third kappa shape index (κ3) is 2.86. The van der Waals surface area contributed by atoms with E-state index in [-0.39, 0.29) is 0 Å². The van der Waals surface area contributed by atoms with Gasteiger partial charge in [0.25, 0.3) is 0 Å². The lowest BCUT2D eigenvalue weighted by molar-refractivity contribution is 0.770. The monoisotopic (exact) mass is 454 g/mol. The molecule has 0 radical (unpaired) electrons. The minimum atomic E-state index is -0.461. The van der Waals surface area contributed by atoms with E-state index in [2.05, 4.69) is 110 Å². The van der Waals surface area contributed by atoms with E-state index in [1.54, 1.807) is 0 Å². The minimum Gasteiger partial charge on any atom is -0.0990 e. The highest BCUT2D eigenvalue weighted by Gasteiger charge is 2.46. The van der Waals surface area contributed by atoms with Crippen molar-refractivity contribution < 1.29 is 0 Å². The zero-order valence-corrected chi connectivity index (χ0v) is 19.5. The van der Waals surface area contributed by atoms with Gasteiger partial charge in [-0.05, 0) is 72.8 Å². The zero-order valence-electron chi connectivity index (χ0n) is 18.8. The standard InChI is InChI=1S/C33H23Cl/c1-3-9-27-22(2)14-15-23-20-25(16-18-28(23)27)33(24-10-5-4-6-11-24)31-13-8-7-12-29(31)30-19-17-26(34)21-32(30)33/h3-21H,1-2H2/b27-9+. The molecule has 6 rings (SSSR count). The van der Waals surface area contributed by atoms with Gasteiger partial charge in [0.05, 0.1) is 5.41 Å². The van der Waals surface area contributed by atoms with Crippen LogP contribution in [0.25, 0.3) is 34.6 Å². The van der Waals surface area contributed by atoms with Crippen LogP contribution in [0.2, 0.25) is 5.02 Å². The molecule has 0 N–H and O–H groups in total. The Kier molecular flexibility index (Phi) is 4.79. The lowest BCUT2D eigenvalue weighted by Crippen LogP contribution is -2.29. The van der Waals surface area contributed by atoms with Crippen LogP contribution in [0.4, 0.5) is 0 Å². The van der Waals surface area contributed by atoms with Crippen LogP contribution in [0.5, 0.6) is 0 Å². The Hall–Kier alpha value is -3.87. The number of rotatable bonds is 3. The van der Waals surface area contributed by atoms with Gasteiger partial charge in [0.2, 0.25) is 0 Å². The number of allylic oxidation sites excluding steroid dienone is 1. The first-order valence-electron chi connectivity index (χ1n) is 11.4. The van der Waals surface area contributed by atoms with E-state index in [1.165, 1.54) is 44.2 Å². The van der Waals surface area contributed by atoms with Gasteiger partial charge < -0.3 is 0 Å². The van der Waals surface area contributed by atoms with Crippen LogP contribution >= 0.6 is 11.6 Å². The molecule has 0 aliphatic heterocycles. The van der Waals surface area contributed by atoms with Crippen molar-refractivity contribution in [1.29, 1.82) is 0 Å². The zero-order chi connectivity index (χ0) is 23.3. The van der Waals surface area contributed by atoms with Crippen molar-refractivity contribution in [3.05, 3.63) is 153 Å². The Morgan fingerprint density at radius 1 is 0.676 bits per heavy atom. The van der Waals surface area contributed by atoms with Crippen molar-refractivity contribution in [3.8, 4) is 11.1 Å². The molecule has 0 fully saturated rings. The lowest BCUT2D eigenvalue weighted by atomic mass is 9.67. The van der Waals surface area contributed by atoms with E-state index in [0.29, 0.717) is 0 Å². The van der Waals surface area contributed by atoms with Crippen molar-refractivity contribution in [2.45, 2.75) is 5.41 Å². The molecule has 0 saturated carbocycles. The molecule has 34 heavy (non-hydrogen) atoms. The fourth-order valence-electron chi connectivity index (χ4n) is 5.68. The van der Waals surface area contributed by atoms with Crippen LogP contribution in [0.3, 0.4) is 0 Å². The second-order valence-corrected chi connectivity index (χ2v) is 9.26. The smallest absolute Gasteiger partial charge is 0.0714 e. The molecule has 0 bridgehead atoms. The number of fused-ring (bicyclic) bond motifs is 4. The summed E-state index contributed by atoms with van der Waals surface area (Å²) in [5.41, 5.74) is 6.99. The molecule has 1 atom stereocenters. The molecule has 0 heterocycles. The SMILES string of the molecule is C=C/C=c1\c(=C)ccc2cc(C3(c4ccccc4)c4ccccc4-c4ccc(Cl)cc43)ccc12. The highest BCUT2D eigenvalue weighted by molar-refractivity contribution is 6.30. The third-order valence-electron chi connectivity index (χ3n) is 7.08. The summed E-state index contributed by atoms with van der Waals surface area (Å²) in [7, 11) is 0. The third-order valence-corrected chi connectivity index (χ3v) is 7.32. The van der Waals surface area contributed by atoms with E-state index in [0.717, 1.165) is 15.5 Å². The number of hydrogen-bond acceptors (Lipinski definition) is 0. The summed E-state index contributed by atoms with van der Waals surface area (Å²) in [4.78, 5) is 0. The first-order chi connectivity index (χ1) is 16.6. The first kappa shape index (κ1) is 20.7. The van der Waals surface area contributed by atoms with Gasteiger partial charge in [-0.15, -0.1) is 0 Å². The Morgan fingerprint density at radius 2 is 1.44 bits per heavy atom. The molecule has 162 valence electrons. The highest BCUT2D eigenvalue weighted by atomic mass is 35.5. The van der Waals surface area contributed by atoms with Crippen LogP contribution in [0, 0.1) is 0 Å².